The van der Waals surface area contributed by atoms with Crippen LogP contribution in [0.25, 0.3) is 0 Å². The van der Waals surface area contributed by atoms with Crippen LogP contribution >= 0.6 is 0 Å². The molecule has 1 saturated heterocycles. The summed E-state index contributed by atoms with van der Waals surface area (Å²) in [6.45, 7) is 0.966. The van der Waals surface area contributed by atoms with Gasteiger partial charge in [0.05, 0.1) is 6.10 Å². The standard InChI is InChI=1S/C13H16N2O3/c16-11-4-2-7-15(8-5-11)13(18)12(17)10-3-1-6-14-9-10/h1,3,6,9,11,16H,2,4-5,7-8H2/t11-/m0/s1. The van der Waals surface area contributed by atoms with Gasteiger partial charge in [-0.15, -0.1) is 0 Å². The van der Waals surface area contributed by atoms with E-state index >= 15 is 0 Å². The van der Waals surface area contributed by atoms with Gasteiger partial charge < -0.3 is 10.0 Å². The Morgan fingerprint density at radius 3 is 2.89 bits per heavy atom. The predicted molar refractivity (Wildman–Crippen MR) is 65.0 cm³/mol. The highest BCUT2D eigenvalue weighted by molar-refractivity contribution is 6.42. The van der Waals surface area contributed by atoms with Gasteiger partial charge in [-0.1, -0.05) is 0 Å². The molecule has 1 N–H and O–H groups in total. The molecule has 0 unspecified atom stereocenters. The van der Waals surface area contributed by atoms with Gasteiger partial charge in [0.15, 0.2) is 0 Å². The van der Waals surface area contributed by atoms with Crippen LogP contribution in [0.2, 0.25) is 0 Å². The van der Waals surface area contributed by atoms with Crippen molar-refractivity contribution in [2.75, 3.05) is 13.1 Å². The molecule has 1 aliphatic rings. The van der Waals surface area contributed by atoms with E-state index in [1.807, 2.05) is 0 Å². The van der Waals surface area contributed by atoms with Crippen LogP contribution in [-0.2, 0) is 4.79 Å². The van der Waals surface area contributed by atoms with Crippen molar-refractivity contribution in [1.82, 2.24) is 9.88 Å². The first-order valence-corrected chi connectivity index (χ1v) is 6.10. The summed E-state index contributed by atoms with van der Waals surface area (Å²) >= 11 is 0. The molecule has 1 atom stereocenters. The van der Waals surface area contributed by atoms with Gasteiger partial charge in [-0.05, 0) is 31.4 Å². The smallest absolute Gasteiger partial charge is 0.295 e. The van der Waals surface area contributed by atoms with Gasteiger partial charge in [0.1, 0.15) is 0 Å². The molecule has 2 rings (SSSR count). The number of aliphatic hydroxyl groups excluding tert-OH is 1. The Balaban J connectivity index is 2.05. The number of carbonyl (C=O) groups excluding carboxylic acids is 2. The fourth-order valence-corrected chi connectivity index (χ4v) is 2.05. The third kappa shape index (κ3) is 2.92. The maximum Gasteiger partial charge on any atom is 0.295 e. The summed E-state index contributed by atoms with van der Waals surface area (Å²) in [5.74, 6) is -1.03. The third-order valence-electron chi connectivity index (χ3n) is 3.10. The molecule has 96 valence electrons. The summed E-state index contributed by atoms with van der Waals surface area (Å²) in [4.78, 5) is 29.3. The Kier molecular flexibility index (Phi) is 4.04. The number of likely N-dealkylation sites (tertiary alicyclic amines) is 1. The van der Waals surface area contributed by atoms with Crippen molar-refractivity contribution in [2.24, 2.45) is 0 Å². The molecule has 0 aromatic carbocycles. The lowest BCUT2D eigenvalue weighted by Gasteiger charge is -2.19. The molecule has 0 bridgehead atoms. The highest BCUT2D eigenvalue weighted by Gasteiger charge is 2.25. The minimum absolute atomic E-state index is 0.312. The zero-order valence-electron chi connectivity index (χ0n) is 10.1. The molecular formula is C13H16N2O3. The van der Waals surface area contributed by atoms with Gasteiger partial charge in [0.2, 0.25) is 0 Å². The molecule has 1 amide bonds. The number of carbonyl (C=O) groups is 2. The van der Waals surface area contributed by atoms with Crippen LogP contribution in [0.3, 0.4) is 0 Å². The summed E-state index contributed by atoms with van der Waals surface area (Å²) in [6.07, 6.45) is 4.54. The Bertz CT molecular complexity index is 433. The number of hydrogen-bond donors (Lipinski definition) is 1. The van der Waals surface area contributed by atoms with E-state index in [9.17, 15) is 14.7 Å². The number of aromatic nitrogens is 1. The highest BCUT2D eigenvalue weighted by atomic mass is 16.3. The third-order valence-corrected chi connectivity index (χ3v) is 3.10. The van der Waals surface area contributed by atoms with Crippen molar-refractivity contribution in [2.45, 2.75) is 25.4 Å². The first-order chi connectivity index (χ1) is 8.68. The molecule has 1 aliphatic heterocycles. The molecule has 2 heterocycles. The maximum absolute atomic E-state index is 12.0. The van der Waals surface area contributed by atoms with Crippen LogP contribution < -0.4 is 0 Å². The lowest BCUT2D eigenvalue weighted by Crippen LogP contribution is -2.37. The number of ketones is 1. The molecular weight excluding hydrogens is 232 g/mol. The van der Waals surface area contributed by atoms with Gasteiger partial charge in [-0.3, -0.25) is 14.6 Å². The molecule has 0 radical (unpaired) electrons. The second-order valence-corrected chi connectivity index (χ2v) is 4.45. The molecule has 18 heavy (non-hydrogen) atoms. The molecule has 5 heteroatoms. The second kappa shape index (κ2) is 5.73. The van der Waals surface area contributed by atoms with Crippen LogP contribution in [0.4, 0.5) is 0 Å². The number of nitrogens with zero attached hydrogens (tertiary/aromatic N) is 2. The van der Waals surface area contributed by atoms with E-state index in [1.54, 1.807) is 18.3 Å². The summed E-state index contributed by atoms with van der Waals surface area (Å²) in [6, 6.07) is 3.21. The Labute approximate surface area is 105 Å². The minimum Gasteiger partial charge on any atom is -0.393 e. The van der Waals surface area contributed by atoms with Crippen LogP contribution in [0.15, 0.2) is 24.5 Å². The number of amides is 1. The van der Waals surface area contributed by atoms with E-state index in [0.717, 1.165) is 6.42 Å². The molecule has 0 spiro atoms. The Morgan fingerprint density at radius 1 is 1.33 bits per heavy atom. The van der Waals surface area contributed by atoms with Gasteiger partial charge in [-0.2, -0.15) is 0 Å². The lowest BCUT2D eigenvalue weighted by atomic mass is 10.1. The largest absolute Gasteiger partial charge is 0.393 e. The van der Waals surface area contributed by atoms with Crippen molar-refractivity contribution in [3.8, 4) is 0 Å². The number of aliphatic hydroxyl groups is 1. The van der Waals surface area contributed by atoms with Crippen molar-refractivity contribution in [1.29, 1.82) is 0 Å². The van der Waals surface area contributed by atoms with Crippen molar-refractivity contribution in [3.05, 3.63) is 30.1 Å². The quantitative estimate of drug-likeness (QED) is 0.616. The Hall–Kier alpha value is -1.75. The lowest BCUT2D eigenvalue weighted by molar-refractivity contribution is -0.126. The number of hydrogen-bond acceptors (Lipinski definition) is 4. The normalized spacial score (nSPS) is 20.3. The average molecular weight is 248 g/mol. The zero-order valence-corrected chi connectivity index (χ0v) is 10.1. The van der Waals surface area contributed by atoms with E-state index < -0.39 is 11.7 Å². The number of Topliss-reactive ketones (excluding diaryl/α,β-unsaturated/α-hetero) is 1. The predicted octanol–water partition coefficient (Wildman–Crippen LogP) is 0.638. The van der Waals surface area contributed by atoms with E-state index in [4.69, 9.17) is 0 Å². The van der Waals surface area contributed by atoms with Crippen LogP contribution in [0.1, 0.15) is 29.6 Å². The zero-order chi connectivity index (χ0) is 13.0. The van der Waals surface area contributed by atoms with E-state index in [0.29, 0.717) is 31.5 Å². The SMILES string of the molecule is O=C(C(=O)N1CCC[C@H](O)CC1)c1cccnc1. The Morgan fingerprint density at radius 2 is 2.17 bits per heavy atom. The fraction of sp³-hybridized carbons (Fsp3) is 0.462. The maximum atomic E-state index is 12.0. The monoisotopic (exact) mass is 248 g/mol. The van der Waals surface area contributed by atoms with E-state index in [1.165, 1.54) is 11.1 Å². The summed E-state index contributed by atoms with van der Waals surface area (Å²) in [7, 11) is 0. The molecule has 0 aliphatic carbocycles. The van der Waals surface area contributed by atoms with Gasteiger partial charge >= 0.3 is 0 Å². The van der Waals surface area contributed by atoms with Crippen molar-refractivity contribution < 1.29 is 14.7 Å². The molecule has 1 aromatic rings. The number of rotatable bonds is 2. The van der Waals surface area contributed by atoms with Crippen LogP contribution in [0.5, 0.6) is 0 Å². The summed E-state index contributed by atoms with van der Waals surface area (Å²) in [5.41, 5.74) is 0.312. The molecule has 1 aromatic heterocycles. The van der Waals surface area contributed by atoms with E-state index in [2.05, 4.69) is 4.98 Å². The van der Waals surface area contributed by atoms with Crippen molar-refractivity contribution in [3.63, 3.8) is 0 Å². The van der Waals surface area contributed by atoms with Gasteiger partial charge in [0.25, 0.3) is 11.7 Å². The topological polar surface area (TPSA) is 70.5 Å². The molecule has 1 fully saturated rings. The van der Waals surface area contributed by atoms with Crippen LogP contribution in [-0.4, -0.2) is 45.9 Å². The summed E-state index contributed by atoms with van der Waals surface area (Å²) < 4.78 is 0. The highest BCUT2D eigenvalue weighted by Crippen LogP contribution is 2.12. The number of pyridine rings is 1. The van der Waals surface area contributed by atoms with Crippen molar-refractivity contribution >= 4 is 11.7 Å². The average Bonchev–Trinajstić information content (AvgIpc) is 2.63. The summed E-state index contributed by atoms with van der Waals surface area (Å²) in [5, 5.41) is 9.51. The fourth-order valence-electron chi connectivity index (χ4n) is 2.05. The van der Waals surface area contributed by atoms with E-state index in [-0.39, 0.29) is 6.10 Å². The van der Waals surface area contributed by atoms with Crippen LogP contribution in [0, 0.1) is 0 Å². The van der Waals surface area contributed by atoms with Gasteiger partial charge in [0, 0.05) is 31.0 Å². The van der Waals surface area contributed by atoms with Gasteiger partial charge in [-0.25, -0.2) is 0 Å². The molecule has 0 saturated carbocycles. The molecule has 5 nitrogen and oxygen atoms in total. The first kappa shape index (κ1) is 12.7. The second-order valence-electron chi connectivity index (χ2n) is 4.45. The first-order valence-electron chi connectivity index (χ1n) is 6.10. The minimum atomic E-state index is -0.528.